The SMILES string of the molecule is CCCCC(CN)NC(=O)CSc1ccc(OCC)cc1. The summed E-state index contributed by atoms with van der Waals surface area (Å²) in [7, 11) is 0. The zero-order valence-electron chi connectivity index (χ0n) is 12.9. The molecule has 0 bridgehead atoms. The van der Waals surface area contributed by atoms with E-state index in [1.807, 2.05) is 31.2 Å². The first kappa shape index (κ1) is 17.9. The Labute approximate surface area is 131 Å². The predicted octanol–water partition coefficient (Wildman–Crippen LogP) is 2.81. The molecule has 0 heterocycles. The fourth-order valence-electron chi connectivity index (χ4n) is 1.92. The van der Waals surface area contributed by atoms with Crippen molar-refractivity contribution in [1.29, 1.82) is 0 Å². The van der Waals surface area contributed by atoms with Crippen LogP contribution in [0.2, 0.25) is 0 Å². The van der Waals surface area contributed by atoms with Gasteiger partial charge in [-0.3, -0.25) is 4.79 Å². The number of rotatable bonds is 10. The maximum Gasteiger partial charge on any atom is 0.230 e. The molecule has 0 aromatic heterocycles. The Bertz CT molecular complexity index is 409. The van der Waals surface area contributed by atoms with Crippen LogP contribution in [0.5, 0.6) is 5.75 Å². The first-order valence-corrected chi connectivity index (χ1v) is 8.53. The van der Waals surface area contributed by atoms with Gasteiger partial charge in [-0.25, -0.2) is 0 Å². The van der Waals surface area contributed by atoms with Gasteiger partial charge in [0.05, 0.1) is 12.4 Å². The van der Waals surface area contributed by atoms with E-state index in [9.17, 15) is 4.79 Å². The van der Waals surface area contributed by atoms with Gasteiger partial charge in [0.1, 0.15) is 5.75 Å². The van der Waals surface area contributed by atoms with Gasteiger partial charge in [0, 0.05) is 17.5 Å². The van der Waals surface area contributed by atoms with Crippen molar-refractivity contribution in [2.45, 2.75) is 44.0 Å². The molecule has 4 nitrogen and oxygen atoms in total. The number of hydrogen-bond donors (Lipinski definition) is 2. The lowest BCUT2D eigenvalue weighted by Gasteiger charge is -2.16. The standard InChI is InChI=1S/C16H26N2O2S/c1-3-5-6-13(11-17)18-16(19)12-21-15-9-7-14(8-10-15)20-4-2/h7-10,13H,3-6,11-12,17H2,1-2H3,(H,18,19). The van der Waals surface area contributed by atoms with Gasteiger partial charge in [-0.1, -0.05) is 19.8 Å². The smallest absolute Gasteiger partial charge is 0.230 e. The Morgan fingerprint density at radius 2 is 2.05 bits per heavy atom. The summed E-state index contributed by atoms with van der Waals surface area (Å²) in [4.78, 5) is 13.0. The van der Waals surface area contributed by atoms with E-state index in [0.717, 1.165) is 29.9 Å². The number of nitrogens with one attached hydrogen (secondary N) is 1. The van der Waals surface area contributed by atoms with Crippen molar-refractivity contribution in [3.63, 3.8) is 0 Å². The molecule has 0 aliphatic heterocycles. The van der Waals surface area contributed by atoms with E-state index in [1.54, 1.807) is 0 Å². The third-order valence-electron chi connectivity index (χ3n) is 3.06. The Morgan fingerprint density at radius 3 is 2.62 bits per heavy atom. The highest BCUT2D eigenvalue weighted by atomic mass is 32.2. The van der Waals surface area contributed by atoms with E-state index in [-0.39, 0.29) is 11.9 Å². The molecular weight excluding hydrogens is 284 g/mol. The van der Waals surface area contributed by atoms with Gasteiger partial charge in [0.25, 0.3) is 0 Å². The Morgan fingerprint density at radius 1 is 1.33 bits per heavy atom. The fraction of sp³-hybridized carbons (Fsp3) is 0.562. The van der Waals surface area contributed by atoms with Crippen molar-refractivity contribution < 1.29 is 9.53 Å². The van der Waals surface area contributed by atoms with Crippen molar-refractivity contribution in [3.8, 4) is 5.75 Å². The van der Waals surface area contributed by atoms with E-state index in [2.05, 4.69) is 12.2 Å². The summed E-state index contributed by atoms with van der Waals surface area (Å²) >= 11 is 1.52. The van der Waals surface area contributed by atoms with E-state index in [1.165, 1.54) is 11.8 Å². The number of benzene rings is 1. The lowest BCUT2D eigenvalue weighted by molar-refractivity contribution is -0.119. The highest BCUT2D eigenvalue weighted by Crippen LogP contribution is 2.21. The summed E-state index contributed by atoms with van der Waals surface area (Å²) in [6.07, 6.45) is 3.16. The molecule has 5 heteroatoms. The van der Waals surface area contributed by atoms with Gasteiger partial charge in [-0.05, 0) is 37.6 Å². The second kappa shape index (κ2) is 10.5. The van der Waals surface area contributed by atoms with Gasteiger partial charge in [-0.2, -0.15) is 0 Å². The molecule has 0 aliphatic rings. The van der Waals surface area contributed by atoms with Crippen LogP contribution < -0.4 is 15.8 Å². The van der Waals surface area contributed by atoms with Crippen LogP contribution in [0.4, 0.5) is 0 Å². The summed E-state index contributed by atoms with van der Waals surface area (Å²) in [5, 5.41) is 2.99. The minimum absolute atomic E-state index is 0.0421. The predicted molar refractivity (Wildman–Crippen MR) is 88.8 cm³/mol. The number of thioether (sulfide) groups is 1. The number of amides is 1. The first-order chi connectivity index (χ1) is 10.2. The molecule has 0 spiro atoms. The van der Waals surface area contributed by atoms with Gasteiger partial charge in [0.15, 0.2) is 0 Å². The van der Waals surface area contributed by atoms with Crippen LogP contribution in [0.3, 0.4) is 0 Å². The minimum atomic E-state index is 0.0421. The molecular formula is C16H26N2O2S. The molecule has 1 unspecified atom stereocenters. The first-order valence-electron chi connectivity index (χ1n) is 7.54. The van der Waals surface area contributed by atoms with Crippen molar-refractivity contribution in [3.05, 3.63) is 24.3 Å². The molecule has 0 saturated heterocycles. The van der Waals surface area contributed by atoms with Gasteiger partial charge < -0.3 is 15.8 Å². The van der Waals surface area contributed by atoms with Crippen LogP contribution in [0.25, 0.3) is 0 Å². The molecule has 118 valence electrons. The van der Waals surface area contributed by atoms with Crippen LogP contribution in [-0.2, 0) is 4.79 Å². The summed E-state index contributed by atoms with van der Waals surface area (Å²) in [6, 6.07) is 7.89. The molecule has 3 N–H and O–H groups in total. The molecule has 0 fully saturated rings. The van der Waals surface area contributed by atoms with Gasteiger partial charge in [0.2, 0.25) is 5.91 Å². The van der Waals surface area contributed by atoms with Crippen LogP contribution in [0.1, 0.15) is 33.1 Å². The zero-order chi connectivity index (χ0) is 15.5. The van der Waals surface area contributed by atoms with Crippen molar-refractivity contribution >= 4 is 17.7 Å². The molecule has 0 radical (unpaired) electrons. The van der Waals surface area contributed by atoms with E-state index in [4.69, 9.17) is 10.5 Å². The summed E-state index contributed by atoms with van der Waals surface area (Å²) in [5.41, 5.74) is 5.68. The fourth-order valence-corrected chi connectivity index (χ4v) is 2.63. The van der Waals surface area contributed by atoms with Crippen molar-refractivity contribution in [2.75, 3.05) is 18.9 Å². The zero-order valence-corrected chi connectivity index (χ0v) is 13.7. The van der Waals surface area contributed by atoms with Gasteiger partial charge in [-0.15, -0.1) is 11.8 Å². The second-order valence-corrected chi connectivity index (χ2v) is 5.88. The highest BCUT2D eigenvalue weighted by Gasteiger charge is 2.10. The number of ether oxygens (including phenoxy) is 1. The number of nitrogens with two attached hydrogens (primary N) is 1. The maximum atomic E-state index is 11.9. The van der Waals surface area contributed by atoms with Crippen LogP contribution >= 0.6 is 11.8 Å². The van der Waals surface area contributed by atoms with Crippen molar-refractivity contribution in [2.24, 2.45) is 5.73 Å². The number of hydrogen-bond acceptors (Lipinski definition) is 4. The quantitative estimate of drug-likeness (QED) is 0.652. The lowest BCUT2D eigenvalue weighted by atomic mass is 10.1. The Kier molecular flexibility index (Phi) is 8.94. The van der Waals surface area contributed by atoms with Crippen LogP contribution in [0.15, 0.2) is 29.2 Å². The normalized spacial score (nSPS) is 12.0. The average molecular weight is 310 g/mol. The number of carbonyl (C=O) groups excluding carboxylic acids is 1. The molecule has 1 aromatic carbocycles. The van der Waals surface area contributed by atoms with Crippen LogP contribution in [0, 0.1) is 0 Å². The van der Waals surface area contributed by atoms with E-state index < -0.39 is 0 Å². The molecule has 0 saturated carbocycles. The maximum absolute atomic E-state index is 11.9. The largest absolute Gasteiger partial charge is 0.494 e. The number of carbonyl (C=O) groups is 1. The highest BCUT2D eigenvalue weighted by molar-refractivity contribution is 8.00. The molecule has 21 heavy (non-hydrogen) atoms. The summed E-state index contributed by atoms with van der Waals surface area (Å²) < 4.78 is 5.39. The third-order valence-corrected chi connectivity index (χ3v) is 4.07. The number of unbranched alkanes of at least 4 members (excludes halogenated alkanes) is 1. The third kappa shape index (κ3) is 7.39. The topological polar surface area (TPSA) is 64.3 Å². The minimum Gasteiger partial charge on any atom is -0.494 e. The average Bonchev–Trinajstić information content (AvgIpc) is 2.51. The van der Waals surface area contributed by atoms with Crippen LogP contribution in [-0.4, -0.2) is 30.9 Å². The molecule has 1 atom stereocenters. The molecule has 1 amide bonds. The van der Waals surface area contributed by atoms with Crippen molar-refractivity contribution in [1.82, 2.24) is 5.32 Å². The molecule has 1 rings (SSSR count). The molecule has 1 aromatic rings. The van der Waals surface area contributed by atoms with E-state index in [0.29, 0.717) is 18.9 Å². The van der Waals surface area contributed by atoms with E-state index >= 15 is 0 Å². The summed E-state index contributed by atoms with van der Waals surface area (Å²) in [5.74, 6) is 1.31. The summed E-state index contributed by atoms with van der Waals surface area (Å²) in [6.45, 7) is 5.25. The monoisotopic (exact) mass is 310 g/mol. The van der Waals surface area contributed by atoms with Gasteiger partial charge >= 0.3 is 0 Å². The second-order valence-electron chi connectivity index (χ2n) is 4.84. The Hall–Kier alpha value is -1.20. The lowest BCUT2D eigenvalue weighted by Crippen LogP contribution is -2.41. The molecule has 0 aliphatic carbocycles. The Balaban J connectivity index is 2.34.